The van der Waals surface area contributed by atoms with Crippen molar-refractivity contribution < 1.29 is 13.9 Å². The molecule has 0 bridgehead atoms. The standard InChI is InChI=1S/C16H19N3O3S/c1-19(10-13-4-2-3-9-21-13)15(20)12-7-5-11(6-8-12)14-17-18-16(23)22-14/h5-8,13H,2-4,9-10H2,1H3,(H,18,23). The van der Waals surface area contributed by atoms with Crippen molar-refractivity contribution in [1.82, 2.24) is 15.1 Å². The summed E-state index contributed by atoms with van der Waals surface area (Å²) in [5.74, 6) is 0.395. The maximum atomic E-state index is 12.5. The first-order chi connectivity index (χ1) is 11.1. The number of carbonyl (C=O) groups excluding carboxylic acids is 1. The summed E-state index contributed by atoms with van der Waals surface area (Å²) in [5, 5.41) is 6.54. The molecular weight excluding hydrogens is 314 g/mol. The number of H-pyrrole nitrogens is 1. The van der Waals surface area contributed by atoms with Gasteiger partial charge in [-0.15, -0.1) is 5.10 Å². The van der Waals surface area contributed by atoms with Gasteiger partial charge in [0.05, 0.1) is 6.10 Å². The number of hydrogen-bond acceptors (Lipinski definition) is 5. The lowest BCUT2D eigenvalue weighted by Gasteiger charge is -2.27. The Bertz CT molecular complexity index is 717. The molecule has 0 spiro atoms. The van der Waals surface area contributed by atoms with E-state index in [9.17, 15) is 4.79 Å². The molecule has 0 saturated carbocycles. The van der Waals surface area contributed by atoms with E-state index in [0.29, 0.717) is 18.0 Å². The van der Waals surface area contributed by atoms with Gasteiger partial charge in [-0.1, -0.05) is 0 Å². The van der Waals surface area contributed by atoms with E-state index >= 15 is 0 Å². The highest BCUT2D eigenvalue weighted by Crippen LogP contribution is 2.19. The summed E-state index contributed by atoms with van der Waals surface area (Å²) >= 11 is 4.85. The number of carbonyl (C=O) groups is 1. The van der Waals surface area contributed by atoms with Crippen LogP contribution in [0.3, 0.4) is 0 Å². The number of likely N-dealkylation sites (N-methyl/N-ethyl adjacent to an activating group) is 1. The van der Waals surface area contributed by atoms with Crippen LogP contribution < -0.4 is 0 Å². The van der Waals surface area contributed by atoms with Gasteiger partial charge in [0, 0.05) is 31.3 Å². The molecule has 23 heavy (non-hydrogen) atoms. The fourth-order valence-electron chi connectivity index (χ4n) is 2.67. The number of aromatic nitrogens is 2. The highest BCUT2D eigenvalue weighted by atomic mass is 32.1. The molecule has 0 aliphatic carbocycles. The molecule has 1 saturated heterocycles. The molecule has 2 heterocycles. The third-order valence-electron chi connectivity index (χ3n) is 3.92. The van der Waals surface area contributed by atoms with Gasteiger partial charge < -0.3 is 14.1 Å². The van der Waals surface area contributed by atoms with E-state index in [4.69, 9.17) is 21.4 Å². The first kappa shape index (κ1) is 15.9. The second kappa shape index (κ2) is 7.06. The van der Waals surface area contributed by atoms with Crippen LogP contribution in [-0.2, 0) is 4.74 Å². The van der Waals surface area contributed by atoms with Crippen LogP contribution in [0.1, 0.15) is 29.6 Å². The number of aromatic amines is 1. The highest BCUT2D eigenvalue weighted by Gasteiger charge is 2.19. The largest absolute Gasteiger partial charge is 0.409 e. The second-order valence-electron chi connectivity index (χ2n) is 5.67. The van der Waals surface area contributed by atoms with Crippen molar-refractivity contribution in [3.05, 3.63) is 34.7 Å². The number of rotatable bonds is 4. The van der Waals surface area contributed by atoms with E-state index < -0.39 is 0 Å². The van der Waals surface area contributed by atoms with Gasteiger partial charge in [-0.2, -0.15) is 0 Å². The normalized spacial score (nSPS) is 17.9. The molecule has 1 atom stereocenters. The van der Waals surface area contributed by atoms with Crippen LogP contribution in [0, 0.1) is 4.84 Å². The van der Waals surface area contributed by atoms with E-state index in [1.54, 1.807) is 36.2 Å². The van der Waals surface area contributed by atoms with Crippen LogP contribution in [-0.4, -0.2) is 47.3 Å². The van der Waals surface area contributed by atoms with Crippen LogP contribution >= 0.6 is 12.2 Å². The molecule has 1 amide bonds. The molecule has 122 valence electrons. The van der Waals surface area contributed by atoms with Crippen molar-refractivity contribution in [2.45, 2.75) is 25.4 Å². The average molecular weight is 333 g/mol. The van der Waals surface area contributed by atoms with Gasteiger partial charge in [0.2, 0.25) is 5.89 Å². The van der Waals surface area contributed by atoms with Crippen molar-refractivity contribution in [2.24, 2.45) is 0 Å². The molecule has 1 unspecified atom stereocenters. The van der Waals surface area contributed by atoms with E-state index in [1.165, 1.54) is 6.42 Å². The van der Waals surface area contributed by atoms with Crippen molar-refractivity contribution in [3.63, 3.8) is 0 Å². The van der Waals surface area contributed by atoms with Gasteiger partial charge in [0.15, 0.2) is 0 Å². The molecule has 6 nitrogen and oxygen atoms in total. The number of nitrogens with zero attached hydrogens (tertiary/aromatic N) is 2. The first-order valence-electron chi connectivity index (χ1n) is 7.66. The van der Waals surface area contributed by atoms with Crippen molar-refractivity contribution in [1.29, 1.82) is 0 Å². The molecule has 3 rings (SSSR count). The van der Waals surface area contributed by atoms with Gasteiger partial charge >= 0.3 is 0 Å². The minimum absolute atomic E-state index is 0.0198. The molecule has 7 heteroatoms. The molecule has 1 aliphatic heterocycles. The van der Waals surface area contributed by atoms with E-state index in [0.717, 1.165) is 25.0 Å². The van der Waals surface area contributed by atoms with E-state index in [-0.39, 0.29) is 16.8 Å². The summed E-state index contributed by atoms with van der Waals surface area (Å²) in [6, 6.07) is 7.13. The molecule has 2 aromatic rings. The minimum atomic E-state index is -0.0198. The molecule has 1 N–H and O–H groups in total. The van der Waals surface area contributed by atoms with Crippen LogP contribution in [0.2, 0.25) is 0 Å². The topological polar surface area (TPSA) is 71.4 Å². The van der Waals surface area contributed by atoms with Crippen LogP contribution in [0.5, 0.6) is 0 Å². The lowest BCUT2D eigenvalue weighted by atomic mass is 10.1. The van der Waals surface area contributed by atoms with Crippen molar-refractivity contribution in [3.8, 4) is 11.5 Å². The smallest absolute Gasteiger partial charge is 0.284 e. The number of nitrogens with one attached hydrogen (secondary N) is 1. The zero-order valence-electron chi connectivity index (χ0n) is 12.9. The molecule has 1 aromatic carbocycles. The van der Waals surface area contributed by atoms with Gasteiger partial charge in [0.1, 0.15) is 0 Å². The monoisotopic (exact) mass is 333 g/mol. The number of ether oxygens (including phenoxy) is 1. The molecule has 0 radical (unpaired) electrons. The Morgan fingerprint density at radius 1 is 1.39 bits per heavy atom. The van der Waals surface area contributed by atoms with Gasteiger partial charge in [-0.3, -0.25) is 4.79 Å². The predicted octanol–water partition coefficient (Wildman–Crippen LogP) is 3.04. The Kier molecular flexibility index (Phi) is 4.88. The summed E-state index contributed by atoms with van der Waals surface area (Å²) in [6.45, 7) is 1.41. The van der Waals surface area contributed by atoms with Gasteiger partial charge in [0.25, 0.3) is 10.7 Å². The fraction of sp³-hybridized carbons (Fsp3) is 0.438. The van der Waals surface area contributed by atoms with Gasteiger partial charge in [-0.05, 0) is 55.7 Å². The second-order valence-corrected chi connectivity index (χ2v) is 6.04. The summed E-state index contributed by atoms with van der Waals surface area (Å²) < 4.78 is 10.9. The summed E-state index contributed by atoms with van der Waals surface area (Å²) in [7, 11) is 1.81. The minimum Gasteiger partial charge on any atom is -0.409 e. The van der Waals surface area contributed by atoms with Crippen molar-refractivity contribution >= 4 is 18.1 Å². The molecular formula is C16H19N3O3S. The quantitative estimate of drug-likeness (QED) is 0.871. The Balaban J connectivity index is 1.66. The maximum Gasteiger partial charge on any atom is 0.284 e. The molecule has 1 fully saturated rings. The number of amides is 1. The first-order valence-corrected chi connectivity index (χ1v) is 8.07. The Morgan fingerprint density at radius 3 is 2.78 bits per heavy atom. The third kappa shape index (κ3) is 3.86. The zero-order chi connectivity index (χ0) is 16.2. The average Bonchev–Trinajstić information content (AvgIpc) is 3.02. The Hall–Kier alpha value is -1.99. The third-order valence-corrected chi connectivity index (χ3v) is 4.09. The van der Waals surface area contributed by atoms with Gasteiger partial charge in [-0.25, -0.2) is 5.10 Å². The SMILES string of the molecule is CN(CC1CCCCO1)C(=O)c1ccc(-c2n[nH]c(=S)o2)cc1. The van der Waals surface area contributed by atoms with E-state index in [2.05, 4.69) is 10.2 Å². The molecule has 1 aromatic heterocycles. The summed E-state index contributed by atoms with van der Waals surface area (Å²) in [5.41, 5.74) is 1.40. The summed E-state index contributed by atoms with van der Waals surface area (Å²) in [6.07, 6.45) is 3.44. The van der Waals surface area contributed by atoms with Crippen LogP contribution in [0.4, 0.5) is 0 Å². The van der Waals surface area contributed by atoms with E-state index in [1.807, 2.05) is 0 Å². The summed E-state index contributed by atoms with van der Waals surface area (Å²) in [4.78, 5) is 14.4. The maximum absolute atomic E-state index is 12.5. The fourth-order valence-corrected chi connectivity index (χ4v) is 2.79. The number of benzene rings is 1. The van der Waals surface area contributed by atoms with Crippen molar-refractivity contribution in [2.75, 3.05) is 20.2 Å². The lowest BCUT2D eigenvalue weighted by molar-refractivity contribution is -0.000186. The predicted molar refractivity (Wildman–Crippen MR) is 87.7 cm³/mol. The Morgan fingerprint density at radius 2 is 2.17 bits per heavy atom. The number of hydrogen-bond donors (Lipinski definition) is 1. The molecule has 1 aliphatic rings. The van der Waals surface area contributed by atoms with Crippen LogP contribution in [0.15, 0.2) is 28.7 Å². The lowest BCUT2D eigenvalue weighted by Crippen LogP contribution is -2.37. The Labute approximate surface area is 139 Å². The van der Waals surface area contributed by atoms with Crippen LogP contribution in [0.25, 0.3) is 11.5 Å². The zero-order valence-corrected chi connectivity index (χ0v) is 13.8. The highest BCUT2D eigenvalue weighted by molar-refractivity contribution is 7.71.